The minimum Gasteiger partial charge on any atom is -0.480 e. The van der Waals surface area contributed by atoms with Crippen molar-refractivity contribution in [3.8, 4) is 11.6 Å². The predicted octanol–water partition coefficient (Wildman–Crippen LogP) is 3.28. The van der Waals surface area contributed by atoms with Gasteiger partial charge in [-0.05, 0) is 50.0 Å². The second kappa shape index (κ2) is 8.83. The summed E-state index contributed by atoms with van der Waals surface area (Å²) in [6.07, 6.45) is 6.76. The average molecular weight is 472 g/mol. The molecule has 0 radical (unpaired) electrons. The second-order valence-electron chi connectivity index (χ2n) is 9.09. The highest BCUT2D eigenvalue weighted by molar-refractivity contribution is 5.83. The van der Waals surface area contributed by atoms with Crippen LogP contribution in [0.3, 0.4) is 0 Å². The third-order valence-electron chi connectivity index (χ3n) is 6.60. The van der Waals surface area contributed by atoms with E-state index in [1.54, 1.807) is 22.9 Å². The van der Waals surface area contributed by atoms with Crippen molar-refractivity contribution in [2.24, 2.45) is 10.7 Å². The number of aromatic nitrogens is 2. The molecule has 3 aliphatic rings. The Balaban J connectivity index is 1.32. The molecule has 0 saturated carbocycles. The van der Waals surface area contributed by atoms with E-state index in [0.29, 0.717) is 25.2 Å². The molecule has 2 atom stereocenters. The van der Waals surface area contributed by atoms with Gasteiger partial charge in [-0.3, -0.25) is 9.56 Å². The lowest BCUT2D eigenvalue weighted by molar-refractivity contribution is 0.230. The van der Waals surface area contributed by atoms with Crippen molar-refractivity contribution in [1.29, 1.82) is 0 Å². The van der Waals surface area contributed by atoms with E-state index in [2.05, 4.69) is 9.98 Å². The van der Waals surface area contributed by atoms with Crippen LogP contribution in [0.4, 0.5) is 14.6 Å². The Hall–Kier alpha value is -3.27. The molecule has 2 aromatic rings. The van der Waals surface area contributed by atoms with Gasteiger partial charge in [0.25, 0.3) is 0 Å². The molecule has 0 bridgehead atoms. The van der Waals surface area contributed by atoms with Crippen LogP contribution in [0, 0.1) is 11.6 Å². The minimum absolute atomic E-state index is 0.0920. The molecule has 1 aromatic carbocycles. The molecule has 1 aromatic heterocycles. The Bertz CT molecular complexity index is 1200. The summed E-state index contributed by atoms with van der Waals surface area (Å²) >= 11 is 0. The summed E-state index contributed by atoms with van der Waals surface area (Å²) in [4.78, 5) is 22.7. The maximum absolute atomic E-state index is 14.6. The van der Waals surface area contributed by atoms with Crippen molar-refractivity contribution in [1.82, 2.24) is 9.55 Å². The van der Waals surface area contributed by atoms with Crippen LogP contribution in [0.5, 0.6) is 11.6 Å². The number of ether oxygens (including phenoxy) is 2. The number of hydrogen-bond acceptors (Lipinski definition) is 7. The third kappa shape index (κ3) is 4.29. The summed E-state index contributed by atoms with van der Waals surface area (Å²) in [5.74, 6) is -1.33. The molecule has 1 unspecified atom stereocenters. The summed E-state index contributed by atoms with van der Waals surface area (Å²) < 4.78 is 42.1. The monoisotopic (exact) mass is 471 g/mol. The molecular weight excluding hydrogens is 444 g/mol. The summed E-state index contributed by atoms with van der Waals surface area (Å²) in [5, 5.41) is 0. The van der Waals surface area contributed by atoms with Gasteiger partial charge in [0.05, 0.1) is 5.66 Å². The Labute approximate surface area is 195 Å². The van der Waals surface area contributed by atoms with E-state index < -0.39 is 34.8 Å². The molecule has 2 N–H and O–H groups in total. The molecule has 0 amide bonds. The molecule has 10 heteroatoms. The van der Waals surface area contributed by atoms with E-state index in [-0.39, 0.29) is 18.1 Å². The van der Waals surface area contributed by atoms with Crippen LogP contribution in [0.25, 0.3) is 0 Å². The first-order valence-electron chi connectivity index (χ1n) is 11.5. The number of hydrogen-bond donors (Lipinski definition) is 1. The lowest BCUT2D eigenvalue weighted by Crippen LogP contribution is -2.63. The number of nitrogens with zero attached hydrogens (tertiary/aromatic N) is 4. The van der Waals surface area contributed by atoms with Gasteiger partial charge in [0.15, 0.2) is 17.4 Å². The number of nitrogens with two attached hydrogens (primary N) is 1. The van der Waals surface area contributed by atoms with Gasteiger partial charge in [0, 0.05) is 43.9 Å². The van der Waals surface area contributed by atoms with Crippen molar-refractivity contribution < 1.29 is 18.3 Å². The average Bonchev–Trinajstić information content (AvgIpc) is 2.79. The van der Waals surface area contributed by atoms with Gasteiger partial charge in [-0.25, -0.2) is 13.6 Å². The smallest absolute Gasteiger partial charge is 0.352 e. The Morgan fingerprint density at radius 2 is 1.97 bits per heavy atom. The maximum atomic E-state index is 14.6. The number of halogens is 2. The first-order chi connectivity index (χ1) is 16.3. The molecule has 4 heterocycles. The number of piperidine rings is 1. The van der Waals surface area contributed by atoms with Crippen LogP contribution < -0.4 is 25.8 Å². The Morgan fingerprint density at radius 3 is 2.74 bits per heavy atom. The molecule has 34 heavy (non-hydrogen) atoms. The third-order valence-corrected chi connectivity index (χ3v) is 6.60. The molecule has 8 nitrogen and oxygen atoms in total. The highest BCUT2D eigenvalue weighted by atomic mass is 19.1. The fourth-order valence-electron chi connectivity index (χ4n) is 4.82. The van der Waals surface area contributed by atoms with E-state index in [1.807, 2.05) is 11.8 Å². The second-order valence-corrected chi connectivity index (χ2v) is 9.09. The number of aliphatic imine (C=N–C) groups is 1. The van der Waals surface area contributed by atoms with Gasteiger partial charge in [0.2, 0.25) is 5.88 Å². The van der Waals surface area contributed by atoms with Gasteiger partial charge < -0.3 is 20.1 Å². The van der Waals surface area contributed by atoms with Crippen LogP contribution in [-0.2, 0) is 13.2 Å². The maximum Gasteiger partial charge on any atom is 0.352 e. The van der Waals surface area contributed by atoms with Crippen LogP contribution in [0.1, 0.15) is 44.6 Å². The fourth-order valence-corrected chi connectivity index (χ4v) is 4.82. The van der Waals surface area contributed by atoms with Crippen molar-refractivity contribution >= 4 is 11.5 Å². The summed E-state index contributed by atoms with van der Waals surface area (Å²) in [6, 6.07) is 4.00. The quantitative estimate of drug-likeness (QED) is 0.719. The van der Waals surface area contributed by atoms with Gasteiger partial charge >= 0.3 is 5.69 Å². The summed E-state index contributed by atoms with van der Waals surface area (Å²) in [5.41, 5.74) is 6.77. The molecular formula is C24H27F2N5O3. The zero-order chi connectivity index (χ0) is 23.9. The van der Waals surface area contributed by atoms with Crippen LogP contribution in [0.2, 0.25) is 0 Å². The first-order valence-corrected chi connectivity index (χ1v) is 11.5. The summed E-state index contributed by atoms with van der Waals surface area (Å²) in [7, 11) is 0. The van der Waals surface area contributed by atoms with Gasteiger partial charge in [0.1, 0.15) is 18.5 Å². The van der Waals surface area contributed by atoms with Crippen LogP contribution in [0.15, 0.2) is 40.3 Å². The SMILES string of the molecule is CC1=NC=CC(Oc2c(F)cc(COc3cc4n(c(=O)n3)CC[C@]3(N)CCCCN43)cc2F)C1. The van der Waals surface area contributed by atoms with E-state index in [0.717, 1.165) is 43.7 Å². The Morgan fingerprint density at radius 1 is 1.18 bits per heavy atom. The fraction of sp³-hybridized carbons (Fsp3) is 0.458. The van der Waals surface area contributed by atoms with E-state index in [9.17, 15) is 13.6 Å². The van der Waals surface area contributed by atoms with E-state index in [4.69, 9.17) is 15.2 Å². The molecule has 1 fully saturated rings. The molecule has 3 aliphatic heterocycles. The largest absolute Gasteiger partial charge is 0.480 e. The van der Waals surface area contributed by atoms with E-state index >= 15 is 0 Å². The molecule has 0 aliphatic carbocycles. The number of benzene rings is 1. The zero-order valence-corrected chi connectivity index (χ0v) is 19.0. The lowest BCUT2D eigenvalue weighted by Gasteiger charge is -2.49. The zero-order valence-electron chi connectivity index (χ0n) is 19.0. The highest BCUT2D eigenvalue weighted by Crippen LogP contribution is 2.36. The van der Waals surface area contributed by atoms with Gasteiger partial charge in [-0.1, -0.05) is 0 Å². The van der Waals surface area contributed by atoms with E-state index in [1.165, 1.54) is 0 Å². The molecule has 5 rings (SSSR count). The van der Waals surface area contributed by atoms with Gasteiger partial charge in [-0.15, -0.1) is 0 Å². The normalized spacial score (nSPS) is 23.7. The van der Waals surface area contributed by atoms with Crippen molar-refractivity contribution in [3.05, 3.63) is 58.2 Å². The minimum atomic E-state index is -0.827. The Kier molecular flexibility index (Phi) is 5.85. The summed E-state index contributed by atoms with van der Waals surface area (Å²) in [6.45, 7) is 2.91. The number of rotatable bonds is 5. The van der Waals surface area contributed by atoms with Crippen molar-refractivity contribution in [2.45, 2.75) is 63.9 Å². The number of fused-ring (bicyclic) bond motifs is 3. The molecule has 0 spiro atoms. The van der Waals surface area contributed by atoms with Crippen LogP contribution >= 0.6 is 0 Å². The van der Waals surface area contributed by atoms with Crippen molar-refractivity contribution in [2.75, 3.05) is 11.4 Å². The van der Waals surface area contributed by atoms with Crippen molar-refractivity contribution in [3.63, 3.8) is 0 Å². The molecule has 1 saturated heterocycles. The van der Waals surface area contributed by atoms with Crippen LogP contribution in [-0.4, -0.2) is 33.6 Å². The molecule has 180 valence electrons. The topological polar surface area (TPSA) is 95.0 Å². The van der Waals surface area contributed by atoms with Gasteiger partial charge in [-0.2, -0.15) is 4.98 Å². The lowest BCUT2D eigenvalue weighted by atomic mass is 9.91. The highest BCUT2D eigenvalue weighted by Gasteiger charge is 2.40. The standard InChI is InChI=1S/C24H27F2N5O3/c1-15-10-17(4-7-28-15)34-22-18(25)11-16(12-19(22)26)14-33-20-13-21-30(23(32)29-20)9-6-24(27)5-2-3-8-31(21)24/h4,7,11-13,17H,2-3,5-6,8-10,14,27H2,1H3/t17?,24-/m0/s1. The first kappa shape index (κ1) is 22.5. The number of anilines is 1. The predicted molar refractivity (Wildman–Crippen MR) is 123 cm³/mol.